The minimum atomic E-state index is -0.442. The van der Waals surface area contributed by atoms with Crippen molar-refractivity contribution in [2.45, 2.75) is 31.4 Å². The Balaban J connectivity index is 1.86. The predicted octanol–water partition coefficient (Wildman–Crippen LogP) is 2.12. The lowest BCUT2D eigenvalue weighted by molar-refractivity contribution is 0.114. The molecule has 0 aromatic heterocycles. The van der Waals surface area contributed by atoms with Gasteiger partial charge in [-0.15, -0.1) is 0 Å². The molecule has 98 valence electrons. The van der Waals surface area contributed by atoms with Gasteiger partial charge in [-0.2, -0.15) is 0 Å². The fraction of sp³-hybridized carbons (Fsp3) is 0.462. The van der Waals surface area contributed by atoms with Gasteiger partial charge in [0.1, 0.15) is 11.9 Å². The van der Waals surface area contributed by atoms with E-state index in [2.05, 4.69) is 5.32 Å². The van der Waals surface area contributed by atoms with Crippen molar-refractivity contribution in [3.05, 3.63) is 24.3 Å². The molecule has 1 amide bonds. The van der Waals surface area contributed by atoms with Crippen LogP contribution >= 0.6 is 0 Å². The van der Waals surface area contributed by atoms with Gasteiger partial charge in [0.15, 0.2) is 0 Å². The van der Waals surface area contributed by atoms with Crippen LogP contribution in [-0.2, 0) is 4.74 Å². The molecule has 1 aliphatic carbocycles. The molecule has 3 N–H and O–H groups in total. The van der Waals surface area contributed by atoms with E-state index in [4.69, 9.17) is 15.2 Å². The smallest absolute Gasteiger partial charge is 0.411 e. The number of benzene rings is 1. The Hall–Kier alpha value is -1.75. The zero-order chi connectivity index (χ0) is 13.0. The Morgan fingerprint density at radius 2 is 2.28 bits per heavy atom. The molecule has 2 unspecified atom stereocenters. The molecule has 1 aromatic carbocycles. The van der Waals surface area contributed by atoms with E-state index in [0.29, 0.717) is 11.4 Å². The average Bonchev–Trinajstić information content (AvgIpc) is 2.74. The molecular formula is C13H18N2O3. The van der Waals surface area contributed by atoms with Gasteiger partial charge in [-0.05, 0) is 31.4 Å². The molecule has 1 aliphatic rings. The normalized spacial score (nSPS) is 22.6. The Morgan fingerprint density at radius 3 is 2.94 bits per heavy atom. The van der Waals surface area contributed by atoms with Gasteiger partial charge in [0.2, 0.25) is 0 Å². The number of anilines is 1. The maximum Gasteiger partial charge on any atom is 0.411 e. The summed E-state index contributed by atoms with van der Waals surface area (Å²) in [5, 5.41) is 2.68. The van der Waals surface area contributed by atoms with Gasteiger partial charge < -0.3 is 15.2 Å². The fourth-order valence-electron chi connectivity index (χ4n) is 2.08. The zero-order valence-corrected chi connectivity index (χ0v) is 10.4. The summed E-state index contributed by atoms with van der Waals surface area (Å²) in [5.74, 6) is 0.690. The largest absolute Gasteiger partial charge is 0.497 e. The summed E-state index contributed by atoms with van der Waals surface area (Å²) in [6.07, 6.45) is 1.99. The summed E-state index contributed by atoms with van der Waals surface area (Å²) in [5.41, 5.74) is 6.42. The van der Waals surface area contributed by atoms with Crippen molar-refractivity contribution < 1.29 is 14.3 Å². The third-order valence-corrected chi connectivity index (χ3v) is 3.01. The number of hydrogen-bond donors (Lipinski definition) is 2. The van der Waals surface area contributed by atoms with E-state index in [1.54, 1.807) is 25.3 Å². The molecule has 1 aromatic rings. The minimum absolute atomic E-state index is 0.0643. The third-order valence-electron chi connectivity index (χ3n) is 3.01. The molecule has 0 spiro atoms. The first-order chi connectivity index (χ1) is 8.67. The standard InChI is InChI=1S/C13H18N2O3/c1-17-11-4-2-3-10(8-11)15-13(16)18-12-6-5-9(14)7-12/h2-4,8-9,12H,5-7,14H2,1H3,(H,15,16). The van der Waals surface area contributed by atoms with E-state index >= 15 is 0 Å². The van der Waals surface area contributed by atoms with Crippen molar-refractivity contribution in [3.63, 3.8) is 0 Å². The van der Waals surface area contributed by atoms with Crippen LogP contribution in [0.15, 0.2) is 24.3 Å². The zero-order valence-electron chi connectivity index (χ0n) is 10.4. The Kier molecular flexibility index (Phi) is 4.04. The predicted molar refractivity (Wildman–Crippen MR) is 68.7 cm³/mol. The van der Waals surface area contributed by atoms with Crippen LogP contribution in [0.2, 0.25) is 0 Å². The second kappa shape index (κ2) is 5.73. The Morgan fingerprint density at radius 1 is 1.44 bits per heavy atom. The first-order valence-corrected chi connectivity index (χ1v) is 6.04. The number of nitrogens with two attached hydrogens (primary N) is 1. The summed E-state index contributed by atoms with van der Waals surface area (Å²) in [6, 6.07) is 7.29. The molecule has 2 rings (SSSR count). The minimum Gasteiger partial charge on any atom is -0.497 e. The van der Waals surface area contributed by atoms with Crippen LogP contribution in [0, 0.1) is 0 Å². The highest BCUT2D eigenvalue weighted by atomic mass is 16.6. The fourth-order valence-corrected chi connectivity index (χ4v) is 2.08. The Bertz CT molecular complexity index is 422. The highest BCUT2D eigenvalue weighted by Gasteiger charge is 2.24. The number of carbonyl (C=O) groups excluding carboxylic acids is 1. The van der Waals surface area contributed by atoms with Crippen molar-refractivity contribution in [2.24, 2.45) is 5.73 Å². The number of methoxy groups -OCH3 is 1. The molecule has 1 saturated carbocycles. The van der Waals surface area contributed by atoms with Crippen molar-refractivity contribution in [3.8, 4) is 5.75 Å². The van der Waals surface area contributed by atoms with E-state index in [-0.39, 0.29) is 12.1 Å². The maximum absolute atomic E-state index is 11.7. The van der Waals surface area contributed by atoms with Gasteiger partial charge in [-0.1, -0.05) is 6.07 Å². The molecule has 0 radical (unpaired) electrons. The van der Waals surface area contributed by atoms with E-state index in [0.717, 1.165) is 19.3 Å². The van der Waals surface area contributed by atoms with Gasteiger partial charge in [0.05, 0.1) is 7.11 Å². The van der Waals surface area contributed by atoms with Gasteiger partial charge in [0, 0.05) is 17.8 Å². The van der Waals surface area contributed by atoms with Crippen LogP contribution in [0.25, 0.3) is 0 Å². The molecule has 0 saturated heterocycles. The van der Waals surface area contributed by atoms with Crippen LogP contribution < -0.4 is 15.8 Å². The van der Waals surface area contributed by atoms with Crippen molar-refractivity contribution in [1.29, 1.82) is 0 Å². The first-order valence-electron chi connectivity index (χ1n) is 6.04. The highest BCUT2D eigenvalue weighted by molar-refractivity contribution is 5.84. The van der Waals surface area contributed by atoms with Crippen LogP contribution in [0.1, 0.15) is 19.3 Å². The number of carbonyl (C=O) groups is 1. The second-order valence-corrected chi connectivity index (χ2v) is 4.46. The van der Waals surface area contributed by atoms with Gasteiger partial charge in [-0.25, -0.2) is 4.79 Å². The van der Waals surface area contributed by atoms with Gasteiger partial charge >= 0.3 is 6.09 Å². The molecule has 2 atom stereocenters. The quantitative estimate of drug-likeness (QED) is 0.861. The van der Waals surface area contributed by atoms with Gasteiger partial charge in [0.25, 0.3) is 0 Å². The molecule has 5 heteroatoms. The highest BCUT2D eigenvalue weighted by Crippen LogP contribution is 2.21. The van der Waals surface area contributed by atoms with Crippen molar-refractivity contribution in [1.82, 2.24) is 0 Å². The molecule has 0 aliphatic heterocycles. The summed E-state index contributed by atoms with van der Waals surface area (Å²) in [7, 11) is 1.58. The molecule has 0 bridgehead atoms. The topological polar surface area (TPSA) is 73.6 Å². The molecule has 0 heterocycles. The van der Waals surface area contributed by atoms with E-state index in [1.165, 1.54) is 0 Å². The van der Waals surface area contributed by atoms with E-state index < -0.39 is 6.09 Å². The lowest BCUT2D eigenvalue weighted by Crippen LogP contribution is -2.22. The number of hydrogen-bond acceptors (Lipinski definition) is 4. The van der Waals surface area contributed by atoms with Crippen LogP contribution in [0.3, 0.4) is 0 Å². The summed E-state index contributed by atoms with van der Waals surface area (Å²) in [4.78, 5) is 11.7. The first kappa shape index (κ1) is 12.7. The monoisotopic (exact) mass is 250 g/mol. The number of ether oxygens (including phenoxy) is 2. The van der Waals surface area contributed by atoms with Crippen LogP contribution in [0.4, 0.5) is 10.5 Å². The third kappa shape index (κ3) is 3.37. The summed E-state index contributed by atoms with van der Waals surface area (Å²) in [6.45, 7) is 0. The molecule has 18 heavy (non-hydrogen) atoms. The number of amides is 1. The average molecular weight is 250 g/mol. The SMILES string of the molecule is COc1cccc(NC(=O)OC2CCC(N)C2)c1. The maximum atomic E-state index is 11.7. The van der Waals surface area contributed by atoms with Crippen LogP contribution in [0.5, 0.6) is 5.75 Å². The molecular weight excluding hydrogens is 232 g/mol. The Labute approximate surface area is 106 Å². The van der Waals surface area contributed by atoms with E-state index in [1.807, 2.05) is 6.07 Å². The number of nitrogens with one attached hydrogen (secondary N) is 1. The van der Waals surface area contributed by atoms with Crippen LogP contribution in [-0.4, -0.2) is 25.3 Å². The summed E-state index contributed by atoms with van der Waals surface area (Å²) < 4.78 is 10.4. The second-order valence-electron chi connectivity index (χ2n) is 4.46. The summed E-state index contributed by atoms with van der Waals surface area (Å²) >= 11 is 0. The van der Waals surface area contributed by atoms with Crippen molar-refractivity contribution in [2.75, 3.05) is 12.4 Å². The molecule has 1 fully saturated rings. The lowest BCUT2D eigenvalue weighted by atomic mass is 10.3. The van der Waals surface area contributed by atoms with Crippen molar-refractivity contribution >= 4 is 11.8 Å². The van der Waals surface area contributed by atoms with E-state index in [9.17, 15) is 4.79 Å². The lowest BCUT2D eigenvalue weighted by Gasteiger charge is -2.13. The molecule has 5 nitrogen and oxygen atoms in total. The number of rotatable bonds is 3. The van der Waals surface area contributed by atoms with Gasteiger partial charge in [-0.3, -0.25) is 5.32 Å².